The van der Waals surface area contributed by atoms with Crippen LogP contribution in [0.5, 0.6) is 11.5 Å². The fourth-order valence-corrected chi connectivity index (χ4v) is 5.06. The van der Waals surface area contributed by atoms with Gasteiger partial charge >= 0.3 is 0 Å². The van der Waals surface area contributed by atoms with Gasteiger partial charge in [0.1, 0.15) is 22.8 Å². The number of hydrogen-bond acceptors (Lipinski definition) is 6. The monoisotopic (exact) mass is 546 g/mol. The molecule has 2 aromatic heterocycles. The molecular weight excluding hydrogens is 516 g/mol. The highest BCUT2D eigenvalue weighted by atomic mass is 35.5. The zero-order valence-electron chi connectivity index (χ0n) is 21.4. The number of aromatic hydroxyl groups is 1. The molecule has 3 heterocycles. The van der Waals surface area contributed by atoms with E-state index in [9.17, 15) is 14.7 Å². The maximum atomic E-state index is 13.1. The summed E-state index contributed by atoms with van der Waals surface area (Å²) in [5, 5.41) is 17.8. The van der Waals surface area contributed by atoms with Crippen molar-refractivity contribution in [1.82, 2.24) is 15.3 Å². The van der Waals surface area contributed by atoms with Gasteiger partial charge < -0.3 is 25.5 Å². The maximum absolute atomic E-state index is 13.1. The van der Waals surface area contributed by atoms with E-state index in [1.54, 1.807) is 42.5 Å². The largest absolute Gasteiger partial charge is 0.507 e. The van der Waals surface area contributed by atoms with Gasteiger partial charge in [-0.1, -0.05) is 24.3 Å². The van der Waals surface area contributed by atoms with Crippen LogP contribution in [0.1, 0.15) is 47.5 Å². The highest BCUT2D eigenvalue weighted by molar-refractivity contribution is 6.05. The third-order valence-electron chi connectivity index (χ3n) is 7.31. The van der Waals surface area contributed by atoms with Gasteiger partial charge in [-0.3, -0.25) is 9.59 Å². The number of carbonyl (C=O) groups is 1. The molecule has 4 aromatic rings. The predicted molar refractivity (Wildman–Crippen MR) is 154 cm³/mol. The first kappa shape index (κ1) is 26.7. The van der Waals surface area contributed by atoms with Crippen molar-refractivity contribution in [2.24, 2.45) is 5.92 Å². The minimum Gasteiger partial charge on any atom is -0.507 e. The first-order valence-electron chi connectivity index (χ1n) is 13.2. The van der Waals surface area contributed by atoms with E-state index in [1.165, 1.54) is 0 Å². The molecule has 2 fully saturated rings. The van der Waals surface area contributed by atoms with Crippen molar-refractivity contribution in [3.05, 3.63) is 82.1 Å². The third kappa shape index (κ3) is 5.77. The Bertz CT molecular complexity index is 1550. The van der Waals surface area contributed by atoms with Crippen molar-refractivity contribution in [2.75, 3.05) is 25.0 Å². The molecular formula is C30H31ClN4O4. The molecule has 8 nitrogen and oxygen atoms in total. The number of amides is 1. The first-order valence-corrected chi connectivity index (χ1v) is 13.2. The van der Waals surface area contributed by atoms with E-state index in [0.717, 1.165) is 49.7 Å². The van der Waals surface area contributed by atoms with Crippen LogP contribution in [0.15, 0.2) is 65.5 Å². The van der Waals surface area contributed by atoms with Crippen LogP contribution >= 0.6 is 12.4 Å². The van der Waals surface area contributed by atoms with Crippen LogP contribution in [0.3, 0.4) is 0 Å². The van der Waals surface area contributed by atoms with Gasteiger partial charge in [0.05, 0.1) is 17.9 Å². The number of piperidine rings is 1. The van der Waals surface area contributed by atoms with Crippen molar-refractivity contribution in [1.29, 1.82) is 0 Å². The Hall–Kier alpha value is -3.88. The Balaban J connectivity index is 0.00000308. The summed E-state index contributed by atoms with van der Waals surface area (Å²) in [6, 6.07) is 17.7. The third-order valence-corrected chi connectivity index (χ3v) is 7.31. The number of phenolic OH excluding ortho intramolecular Hbond substituents is 1. The molecule has 0 radical (unpaired) electrons. The lowest BCUT2D eigenvalue weighted by Gasteiger charge is -2.25. The lowest BCUT2D eigenvalue weighted by Crippen LogP contribution is -2.28. The standard InChI is InChI=1S/C30H30N4O4.ClH/c35-25-9-4-10-26(38-17-18-11-12-18)27(25)23-14-21(20-8-5-13-31-16-20)22-15-24(30(37)34-28(22)32-23)33-29(36)19-6-2-1-3-7-19;/h1-4,6-7,9-10,14-15,18,20,31,35H,5,8,11-13,16-17H2,(H,33,36)(H,32,34,37);1H. The highest BCUT2D eigenvalue weighted by Gasteiger charge is 2.25. The Kier molecular flexibility index (Phi) is 7.86. The summed E-state index contributed by atoms with van der Waals surface area (Å²) in [4.78, 5) is 33.5. The Morgan fingerprint density at radius 2 is 1.90 bits per heavy atom. The van der Waals surface area contributed by atoms with E-state index in [-0.39, 0.29) is 35.7 Å². The summed E-state index contributed by atoms with van der Waals surface area (Å²) in [5.74, 6) is 1.03. The second kappa shape index (κ2) is 11.5. The number of aromatic amines is 1. The van der Waals surface area contributed by atoms with E-state index in [2.05, 4.69) is 15.6 Å². The lowest BCUT2D eigenvalue weighted by molar-refractivity contribution is 0.102. The number of aromatic nitrogens is 2. The second-order valence-corrected chi connectivity index (χ2v) is 10.1. The van der Waals surface area contributed by atoms with E-state index in [4.69, 9.17) is 9.72 Å². The minimum absolute atomic E-state index is 0. The van der Waals surface area contributed by atoms with Gasteiger partial charge in [-0.2, -0.15) is 0 Å². The number of fused-ring (bicyclic) bond motifs is 1. The zero-order chi connectivity index (χ0) is 26.1. The van der Waals surface area contributed by atoms with Crippen LogP contribution in [-0.4, -0.2) is 40.7 Å². The van der Waals surface area contributed by atoms with E-state index >= 15 is 0 Å². The molecule has 1 aliphatic carbocycles. The average molecular weight is 547 g/mol. The molecule has 202 valence electrons. The number of anilines is 1. The number of carbonyl (C=O) groups excluding carboxylic acids is 1. The Morgan fingerprint density at radius 1 is 1.08 bits per heavy atom. The van der Waals surface area contributed by atoms with Crippen molar-refractivity contribution >= 4 is 35.0 Å². The summed E-state index contributed by atoms with van der Waals surface area (Å²) < 4.78 is 6.09. The minimum atomic E-state index is -0.443. The van der Waals surface area contributed by atoms with Gasteiger partial charge in [-0.05, 0) is 86.0 Å². The van der Waals surface area contributed by atoms with E-state index in [0.29, 0.717) is 40.7 Å². The predicted octanol–water partition coefficient (Wildman–Crippen LogP) is 5.23. The molecule has 1 atom stereocenters. The number of phenols is 1. The maximum Gasteiger partial charge on any atom is 0.273 e. The number of halogens is 1. The molecule has 0 spiro atoms. The van der Waals surface area contributed by atoms with Crippen LogP contribution in [0.4, 0.5) is 5.69 Å². The van der Waals surface area contributed by atoms with Crippen LogP contribution in [0.25, 0.3) is 22.3 Å². The van der Waals surface area contributed by atoms with Gasteiger partial charge in [0.2, 0.25) is 0 Å². The molecule has 4 N–H and O–H groups in total. The quantitative estimate of drug-likeness (QED) is 0.252. The number of pyridine rings is 2. The van der Waals surface area contributed by atoms with Crippen molar-refractivity contribution in [2.45, 2.75) is 31.6 Å². The van der Waals surface area contributed by atoms with Crippen LogP contribution in [-0.2, 0) is 0 Å². The van der Waals surface area contributed by atoms with Gasteiger partial charge in [-0.25, -0.2) is 4.98 Å². The lowest BCUT2D eigenvalue weighted by atomic mass is 9.88. The molecule has 1 aliphatic heterocycles. The molecule has 1 saturated carbocycles. The van der Waals surface area contributed by atoms with Crippen molar-refractivity contribution in [3.8, 4) is 22.8 Å². The zero-order valence-corrected chi connectivity index (χ0v) is 22.2. The number of rotatable bonds is 7. The second-order valence-electron chi connectivity index (χ2n) is 10.1. The topological polar surface area (TPSA) is 116 Å². The molecule has 1 saturated heterocycles. The average Bonchev–Trinajstić information content (AvgIpc) is 3.77. The SMILES string of the molecule is Cl.O=C(Nc1cc2c(C3CCCNC3)cc(-c3c(O)cccc3OCC3CC3)nc2[nH]c1=O)c1ccccc1. The molecule has 2 aliphatic rings. The molecule has 0 bridgehead atoms. The highest BCUT2D eigenvalue weighted by Crippen LogP contribution is 2.41. The van der Waals surface area contributed by atoms with Crippen LogP contribution < -0.4 is 20.9 Å². The molecule has 2 aromatic carbocycles. The van der Waals surface area contributed by atoms with Gasteiger partial charge in [-0.15, -0.1) is 12.4 Å². The summed E-state index contributed by atoms with van der Waals surface area (Å²) in [6.07, 6.45) is 4.32. The summed E-state index contributed by atoms with van der Waals surface area (Å²) in [5.41, 5.74) is 2.65. The van der Waals surface area contributed by atoms with Crippen molar-refractivity contribution < 1.29 is 14.6 Å². The number of H-pyrrole nitrogens is 1. The van der Waals surface area contributed by atoms with Crippen LogP contribution in [0.2, 0.25) is 0 Å². The van der Waals surface area contributed by atoms with Crippen LogP contribution in [0, 0.1) is 5.92 Å². The molecule has 1 amide bonds. The summed E-state index contributed by atoms with van der Waals surface area (Å²) >= 11 is 0. The van der Waals surface area contributed by atoms with Crippen molar-refractivity contribution in [3.63, 3.8) is 0 Å². The fraction of sp³-hybridized carbons (Fsp3) is 0.300. The number of nitrogens with zero attached hydrogens (tertiary/aromatic N) is 1. The van der Waals surface area contributed by atoms with Gasteiger partial charge in [0, 0.05) is 17.5 Å². The fourth-order valence-electron chi connectivity index (χ4n) is 5.06. The Labute approximate surface area is 232 Å². The molecule has 39 heavy (non-hydrogen) atoms. The van der Waals surface area contributed by atoms with Gasteiger partial charge in [0.15, 0.2) is 0 Å². The molecule has 6 rings (SSSR count). The number of nitrogens with one attached hydrogen (secondary N) is 3. The first-order chi connectivity index (χ1) is 18.6. The molecule has 1 unspecified atom stereocenters. The summed E-state index contributed by atoms with van der Waals surface area (Å²) in [7, 11) is 0. The normalized spacial score (nSPS) is 16.9. The van der Waals surface area contributed by atoms with Gasteiger partial charge in [0.25, 0.3) is 11.5 Å². The number of hydrogen-bond donors (Lipinski definition) is 4. The Morgan fingerprint density at radius 3 is 2.64 bits per heavy atom. The number of ether oxygens (including phenoxy) is 1. The smallest absolute Gasteiger partial charge is 0.273 e. The molecule has 9 heteroatoms. The van der Waals surface area contributed by atoms with E-state index < -0.39 is 5.56 Å². The summed E-state index contributed by atoms with van der Waals surface area (Å²) in [6.45, 7) is 2.35. The number of benzene rings is 2. The van der Waals surface area contributed by atoms with E-state index in [1.807, 2.05) is 18.2 Å².